The van der Waals surface area contributed by atoms with Crippen LogP contribution in [0.3, 0.4) is 0 Å². The van der Waals surface area contributed by atoms with E-state index in [0.29, 0.717) is 0 Å². The van der Waals surface area contributed by atoms with Gasteiger partial charge in [0.15, 0.2) is 0 Å². The van der Waals surface area contributed by atoms with Crippen molar-refractivity contribution in [2.24, 2.45) is 0 Å². The van der Waals surface area contributed by atoms with Gasteiger partial charge in [-0.1, -0.05) is 121 Å². The molecule has 0 unspecified atom stereocenters. The molecule has 0 fully saturated rings. The van der Waals surface area contributed by atoms with Crippen LogP contribution in [0.5, 0.6) is 0 Å². The second-order valence-corrected chi connectivity index (χ2v) is 7.58. The summed E-state index contributed by atoms with van der Waals surface area (Å²) in [6.45, 7) is 2.10. The summed E-state index contributed by atoms with van der Waals surface area (Å²) in [4.78, 5) is 10.5. The molecule has 2 nitrogen and oxygen atoms in total. The number of hydrogen-bond donors (Lipinski definition) is 0. The Morgan fingerprint density at radius 1 is 0.355 bits per heavy atom. The van der Waals surface area contributed by atoms with Crippen LogP contribution < -0.4 is 0 Å². The number of nitrogens with zero attached hydrogens (tertiary/aromatic N) is 2. The van der Waals surface area contributed by atoms with Crippen LogP contribution in [0, 0.1) is 6.92 Å². The van der Waals surface area contributed by atoms with Crippen molar-refractivity contribution in [3.8, 4) is 45.0 Å². The Morgan fingerprint density at radius 3 is 0.968 bits per heavy atom. The van der Waals surface area contributed by atoms with E-state index in [4.69, 9.17) is 9.97 Å². The first-order chi connectivity index (χ1) is 15.3. The third-order valence-corrected chi connectivity index (χ3v) is 5.36. The molecule has 148 valence electrons. The van der Waals surface area contributed by atoms with Gasteiger partial charge in [0.05, 0.1) is 22.8 Å². The van der Waals surface area contributed by atoms with Crippen LogP contribution in [0.25, 0.3) is 45.0 Å². The maximum Gasteiger partial charge on any atom is 0.0973 e. The molecular weight excluding hydrogens is 376 g/mol. The molecule has 0 saturated heterocycles. The second-order valence-electron chi connectivity index (χ2n) is 7.58. The van der Waals surface area contributed by atoms with Crippen LogP contribution in [-0.2, 0) is 0 Å². The molecule has 5 aromatic rings. The molecule has 0 aliphatic heterocycles. The molecule has 0 spiro atoms. The van der Waals surface area contributed by atoms with Gasteiger partial charge in [-0.05, 0) is 6.92 Å². The number of benzene rings is 4. The predicted octanol–water partition coefficient (Wildman–Crippen LogP) is 7.45. The van der Waals surface area contributed by atoms with E-state index < -0.39 is 0 Å². The standard InChI is InChI=1S/C29H22N2/c1-21-17-19-25(20-18-21)29-28(24-15-9-4-10-16-24)30-26(22-11-5-2-6-12-22)27(31-29)23-13-7-3-8-14-23/h2-20H,1H3. The molecule has 0 aliphatic rings. The minimum atomic E-state index is 0.890. The fourth-order valence-electron chi connectivity index (χ4n) is 3.74. The van der Waals surface area contributed by atoms with Crippen LogP contribution in [0.4, 0.5) is 0 Å². The highest BCUT2D eigenvalue weighted by Crippen LogP contribution is 2.36. The predicted molar refractivity (Wildman–Crippen MR) is 129 cm³/mol. The van der Waals surface area contributed by atoms with E-state index in [1.54, 1.807) is 0 Å². The van der Waals surface area contributed by atoms with E-state index in [1.165, 1.54) is 5.56 Å². The summed E-state index contributed by atoms with van der Waals surface area (Å²) in [5.74, 6) is 0. The van der Waals surface area contributed by atoms with Crippen molar-refractivity contribution in [3.05, 3.63) is 121 Å². The molecule has 0 aliphatic carbocycles. The summed E-state index contributed by atoms with van der Waals surface area (Å²) in [7, 11) is 0. The van der Waals surface area contributed by atoms with Gasteiger partial charge < -0.3 is 0 Å². The molecule has 0 amide bonds. The zero-order chi connectivity index (χ0) is 21.0. The smallest absolute Gasteiger partial charge is 0.0973 e. The summed E-state index contributed by atoms with van der Waals surface area (Å²) in [5.41, 5.74) is 9.03. The Hall–Kier alpha value is -4.04. The van der Waals surface area contributed by atoms with Crippen LogP contribution in [0.1, 0.15) is 5.56 Å². The molecule has 0 radical (unpaired) electrons. The van der Waals surface area contributed by atoms with Crippen molar-refractivity contribution in [2.45, 2.75) is 6.92 Å². The molecule has 4 aromatic carbocycles. The average Bonchev–Trinajstić information content (AvgIpc) is 2.85. The Labute approximate surface area is 182 Å². The van der Waals surface area contributed by atoms with E-state index >= 15 is 0 Å². The average molecular weight is 399 g/mol. The summed E-state index contributed by atoms with van der Waals surface area (Å²) in [5, 5.41) is 0. The first-order valence-corrected chi connectivity index (χ1v) is 10.4. The van der Waals surface area contributed by atoms with Crippen molar-refractivity contribution >= 4 is 0 Å². The molecule has 0 N–H and O–H groups in total. The van der Waals surface area contributed by atoms with E-state index in [1.807, 2.05) is 54.6 Å². The van der Waals surface area contributed by atoms with Crippen LogP contribution in [-0.4, -0.2) is 9.97 Å². The van der Waals surface area contributed by atoms with E-state index in [0.717, 1.165) is 45.0 Å². The lowest BCUT2D eigenvalue weighted by Gasteiger charge is -2.16. The minimum Gasteiger partial charge on any atom is -0.243 e. The van der Waals surface area contributed by atoms with Gasteiger partial charge in [-0.15, -0.1) is 0 Å². The molecule has 0 atom stereocenters. The molecule has 31 heavy (non-hydrogen) atoms. The largest absolute Gasteiger partial charge is 0.243 e. The van der Waals surface area contributed by atoms with Gasteiger partial charge in [-0.3, -0.25) is 0 Å². The Morgan fingerprint density at radius 2 is 0.645 bits per heavy atom. The first kappa shape index (κ1) is 19.0. The summed E-state index contributed by atoms with van der Waals surface area (Å²) >= 11 is 0. The highest BCUT2D eigenvalue weighted by atomic mass is 14.9. The van der Waals surface area contributed by atoms with Gasteiger partial charge in [-0.2, -0.15) is 0 Å². The molecule has 1 aromatic heterocycles. The van der Waals surface area contributed by atoms with Crippen molar-refractivity contribution in [1.82, 2.24) is 9.97 Å². The Kier molecular flexibility index (Phi) is 5.12. The lowest BCUT2D eigenvalue weighted by Crippen LogP contribution is -2.00. The van der Waals surface area contributed by atoms with Gasteiger partial charge in [0.1, 0.15) is 0 Å². The minimum absolute atomic E-state index is 0.890. The molecule has 1 heterocycles. The Balaban J connectivity index is 1.84. The number of rotatable bonds is 4. The lowest BCUT2D eigenvalue weighted by molar-refractivity contribution is 1.21. The van der Waals surface area contributed by atoms with Gasteiger partial charge in [-0.25, -0.2) is 9.97 Å². The highest BCUT2D eigenvalue weighted by molar-refractivity contribution is 5.86. The van der Waals surface area contributed by atoms with Crippen molar-refractivity contribution in [2.75, 3.05) is 0 Å². The van der Waals surface area contributed by atoms with Crippen molar-refractivity contribution < 1.29 is 0 Å². The molecule has 2 heteroatoms. The van der Waals surface area contributed by atoms with Crippen LogP contribution >= 0.6 is 0 Å². The quantitative estimate of drug-likeness (QED) is 0.314. The van der Waals surface area contributed by atoms with Crippen LogP contribution in [0.15, 0.2) is 115 Å². The maximum absolute atomic E-state index is 5.23. The Bertz CT molecular complexity index is 1290. The fourth-order valence-corrected chi connectivity index (χ4v) is 3.74. The first-order valence-electron chi connectivity index (χ1n) is 10.4. The summed E-state index contributed by atoms with van der Waals surface area (Å²) < 4.78 is 0. The zero-order valence-electron chi connectivity index (χ0n) is 17.4. The molecule has 0 bridgehead atoms. The third-order valence-electron chi connectivity index (χ3n) is 5.36. The zero-order valence-corrected chi connectivity index (χ0v) is 17.4. The van der Waals surface area contributed by atoms with Crippen molar-refractivity contribution in [1.29, 1.82) is 0 Å². The normalized spacial score (nSPS) is 10.7. The number of aromatic nitrogens is 2. The topological polar surface area (TPSA) is 25.8 Å². The van der Waals surface area contributed by atoms with E-state index in [-0.39, 0.29) is 0 Å². The third kappa shape index (κ3) is 3.88. The van der Waals surface area contributed by atoms with Crippen molar-refractivity contribution in [3.63, 3.8) is 0 Å². The van der Waals surface area contributed by atoms with Gasteiger partial charge >= 0.3 is 0 Å². The molecule has 0 saturated carbocycles. The highest BCUT2D eigenvalue weighted by Gasteiger charge is 2.18. The van der Waals surface area contributed by atoms with Gasteiger partial charge in [0.2, 0.25) is 0 Å². The summed E-state index contributed by atoms with van der Waals surface area (Å²) in [6, 6.07) is 39.4. The molecule has 5 rings (SSSR count). The number of hydrogen-bond acceptors (Lipinski definition) is 2. The second kappa shape index (κ2) is 8.37. The van der Waals surface area contributed by atoms with Gasteiger partial charge in [0, 0.05) is 22.3 Å². The SMILES string of the molecule is Cc1ccc(-c2nc(-c3ccccc3)c(-c3ccccc3)nc2-c2ccccc2)cc1. The lowest BCUT2D eigenvalue weighted by atomic mass is 9.99. The molecular formula is C29H22N2. The maximum atomic E-state index is 5.23. The fraction of sp³-hybridized carbons (Fsp3) is 0.0345. The monoisotopic (exact) mass is 398 g/mol. The van der Waals surface area contributed by atoms with E-state index in [2.05, 4.69) is 67.6 Å². The van der Waals surface area contributed by atoms with Crippen LogP contribution in [0.2, 0.25) is 0 Å². The number of aryl methyl sites for hydroxylation is 1. The summed E-state index contributed by atoms with van der Waals surface area (Å²) in [6.07, 6.45) is 0. The van der Waals surface area contributed by atoms with Gasteiger partial charge in [0.25, 0.3) is 0 Å². The van der Waals surface area contributed by atoms with E-state index in [9.17, 15) is 0 Å².